The Balaban J connectivity index is 1.54. The number of anilines is 1. The molecule has 3 rings (SSSR count). The van der Waals surface area contributed by atoms with Crippen LogP contribution in [0.3, 0.4) is 0 Å². The van der Waals surface area contributed by atoms with E-state index in [0.717, 1.165) is 12.1 Å². The van der Waals surface area contributed by atoms with Gasteiger partial charge in [-0.05, 0) is 54.7 Å². The van der Waals surface area contributed by atoms with E-state index in [9.17, 15) is 17.6 Å². The van der Waals surface area contributed by atoms with Crippen LogP contribution in [-0.4, -0.2) is 31.7 Å². The minimum Gasteiger partial charge on any atom is -0.326 e. The standard InChI is InChI=1S/C21H25FN2O3S/c1-2-16-5-9-20(10-6-16)23-21(25)18-11-13-24(14-12-18)28(26,27)15-17-3-7-19(22)8-4-17/h3-10,18H,2,11-15H2,1H3,(H,23,25). The Hall–Kier alpha value is -2.25. The number of nitrogens with zero attached hydrogens (tertiary/aromatic N) is 1. The molecule has 0 bridgehead atoms. The topological polar surface area (TPSA) is 66.5 Å². The van der Waals surface area contributed by atoms with E-state index in [4.69, 9.17) is 0 Å². The largest absolute Gasteiger partial charge is 0.326 e. The quantitative estimate of drug-likeness (QED) is 0.800. The van der Waals surface area contributed by atoms with Gasteiger partial charge in [0.05, 0.1) is 5.75 Å². The van der Waals surface area contributed by atoms with Crippen molar-refractivity contribution in [2.24, 2.45) is 5.92 Å². The average molecular weight is 405 g/mol. The Morgan fingerprint density at radius 1 is 1.04 bits per heavy atom. The molecule has 0 unspecified atom stereocenters. The van der Waals surface area contributed by atoms with Crippen molar-refractivity contribution in [2.75, 3.05) is 18.4 Å². The van der Waals surface area contributed by atoms with E-state index in [2.05, 4.69) is 12.2 Å². The molecule has 5 nitrogen and oxygen atoms in total. The van der Waals surface area contributed by atoms with Crippen LogP contribution in [0.2, 0.25) is 0 Å². The predicted octanol–water partition coefficient (Wildman–Crippen LogP) is 3.57. The lowest BCUT2D eigenvalue weighted by atomic mass is 9.97. The van der Waals surface area contributed by atoms with Gasteiger partial charge in [-0.2, -0.15) is 0 Å². The number of halogens is 1. The van der Waals surface area contributed by atoms with Crippen molar-refractivity contribution in [1.29, 1.82) is 0 Å². The normalized spacial score (nSPS) is 16.1. The summed E-state index contributed by atoms with van der Waals surface area (Å²) in [6, 6.07) is 13.2. The first-order valence-corrected chi connectivity index (χ1v) is 11.1. The van der Waals surface area contributed by atoms with Gasteiger partial charge in [-0.15, -0.1) is 0 Å². The van der Waals surface area contributed by atoms with Crippen molar-refractivity contribution in [3.8, 4) is 0 Å². The zero-order valence-electron chi connectivity index (χ0n) is 15.9. The van der Waals surface area contributed by atoms with E-state index in [-0.39, 0.29) is 17.6 Å². The van der Waals surface area contributed by atoms with Crippen LogP contribution in [0.15, 0.2) is 48.5 Å². The van der Waals surface area contributed by atoms with Crippen molar-refractivity contribution >= 4 is 21.6 Å². The highest BCUT2D eigenvalue weighted by atomic mass is 32.2. The second-order valence-electron chi connectivity index (χ2n) is 7.10. The molecule has 2 aromatic carbocycles. The number of benzene rings is 2. The third kappa shape index (κ3) is 5.17. The molecule has 1 fully saturated rings. The van der Waals surface area contributed by atoms with Crippen LogP contribution in [0.4, 0.5) is 10.1 Å². The van der Waals surface area contributed by atoms with E-state index in [1.54, 1.807) is 0 Å². The van der Waals surface area contributed by atoms with Gasteiger partial charge in [0.2, 0.25) is 15.9 Å². The molecule has 2 aromatic rings. The van der Waals surface area contributed by atoms with Gasteiger partial charge in [0.25, 0.3) is 0 Å². The van der Waals surface area contributed by atoms with Crippen LogP contribution in [0, 0.1) is 11.7 Å². The van der Waals surface area contributed by atoms with Gasteiger partial charge < -0.3 is 5.32 Å². The smallest absolute Gasteiger partial charge is 0.227 e. The maximum atomic E-state index is 13.0. The summed E-state index contributed by atoms with van der Waals surface area (Å²) in [6.07, 6.45) is 1.92. The van der Waals surface area contributed by atoms with Gasteiger partial charge in [-0.25, -0.2) is 17.1 Å². The van der Waals surface area contributed by atoms with Gasteiger partial charge in [0.15, 0.2) is 0 Å². The first kappa shape index (κ1) is 20.5. The second kappa shape index (κ2) is 8.84. The maximum Gasteiger partial charge on any atom is 0.227 e. The molecular weight excluding hydrogens is 379 g/mol. The number of piperidine rings is 1. The second-order valence-corrected chi connectivity index (χ2v) is 9.06. The summed E-state index contributed by atoms with van der Waals surface area (Å²) in [7, 11) is -3.49. The zero-order chi connectivity index (χ0) is 20.1. The van der Waals surface area contributed by atoms with Crippen molar-refractivity contribution in [3.63, 3.8) is 0 Å². The lowest BCUT2D eigenvalue weighted by molar-refractivity contribution is -0.120. The molecule has 1 heterocycles. The Bertz CT molecular complexity index is 904. The average Bonchev–Trinajstić information content (AvgIpc) is 2.70. The van der Waals surface area contributed by atoms with Crippen LogP contribution in [-0.2, 0) is 27.0 Å². The Morgan fingerprint density at radius 3 is 2.18 bits per heavy atom. The molecule has 1 N–H and O–H groups in total. The molecule has 150 valence electrons. The molecule has 1 aliphatic heterocycles. The van der Waals surface area contributed by atoms with Crippen LogP contribution >= 0.6 is 0 Å². The molecule has 0 radical (unpaired) electrons. The summed E-state index contributed by atoms with van der Waals surface area (Å²) in [5.41, 5.74) is 2.52. The SMILES string of the molecule is CCc1ccc(NC(=O)C2CCN(S(=O)(=O)Cc3ccc(F)cc3)CC2)cc1. The molecule has 0 saturated carbocycles. The molecule has 1 amide bonds. The summed E-state index contributed by atoms with van der Waals surface area (Å²) in [5, 5.41) is 2.92. The zero-order valence-corrected chi connectivity index (χ0v) is 16.7. The Morgan fingerprint density at radius 2 is 1.61 bits per heavy atom. The minimum atomic E-state index is -3.49. The minimum absolute atomic E-state index is 0.0696. The first-order chi connectivity index (χ1) is 13.4. The molecule has 1 saturated heterocycles. The van der Waals surface area contributed by atoms with Gasteiger partial charge >= 0.3 is 0 Å². The number of rotatable bonds is 6. The van der Waals surface area contributed by atoms with E-state index in [1.165, 1.54) is 34.1 Å². The number of carbonyl (C=O) groups is 1. The van der Waals surface area contributed by atoms with Crippen LogP contribution in [0.1, 0.15) is 30.9 Å². The fraction of sp³-hybridized carbons (Fsp3) is 0.381. The van der Waals surface area contributed by atoms with Crippen molar-refractivity contribution < 1.29 is 17.6 Å². The van der Waals surface area contributed by atoms with Gasteiger partial charge in [-0.3, -0.25) is 4.79 Å². The van der Waals surface area contributed by atoms with Crippen molar-refractivity contribution in [2.45, 2.75) is 31.9 Å². The van der Waals surface area contributed by atoms with Crippen molar-refractivity contribution in [1.82, 2.24) is 4.31 Å². The molecular formula is C21H25FN2O3S. The molecule has 1 aliphatic rings. The fourth-order valence-electron chi connectivity index (χ4n) is 3.35. The van der Waals surface area contributed by atoms with Crippen LogP contribution in [0.25, 0.3) is 0 Å². The highest BCUT2D eigenvalue weighted by Gasteiger charge is 2.31. The Labute approximate surface area is 165 Å². The molecule has 0 aliphatic carbocycles. The number of nitrogens with one attached hydrogen (secondary N) is 1. The third-order valence-electron chi connectivity index (χ3n) is 5.11. The molecule has 0 aromatic heterocycles. The number of sulfonamides is 1. The summed E-state index contributed by atoms with van der Waals surface area (Å²) >= 11 is 0. The molecule has 0 spiro atoms. The number of amides is 1. The maximum absolute atomic E-state index is 13.0. The summed E-state index contributed by atoms with van der Waals surface area (Å²) in [6.45, 7) is 2.71. The van der Waals surface area contributed by atoms with E-state index in [0.29, 0.717) is 31.5 Å². The highest BCUT2D eigenvalue weighted by Crippen LogP contribution is 2.23. The molecule has 28 heavy (non-hydrogen) atoms. The summed E-state index contributed by atoms with van der Waals surface area (Å²) in [5.74, 6) is -0.825. The van der Waals surface area contributed by atoms with E-state index < -0.39 is 15.8 Å². The third-order valence-corrected chi connectivity index (χ3v) is 6.96. The summed E-state index contributed by atoms with van der Waals surface area (Å²) in [4.78, 5) is 12.5. The lowest BCUT2D eigenvalue weighted by Gasteiger charge is -2.30. The van der Waals surface area contributed by atoms with Crippen LogP contribution < -0.4 is 5.32 Å². The predicted molar refractivity (Wildman–Crippen MR) is 108 cm³/mol. The monoisotopic (exact) mass is 404 g/mol. The lowest BCUT2D eigenvalue weighted by Crippen LogP contribution is -2.41. The van der Waals surface area contributed by atoms with Gasteiger partial charge in [0, 0.05) is 24.7 Å². The van der Waals surface area contributed by atoms with Gasteiger partial charge in [0.1, 0.15) is 5.82 Å². The van der Waals surface area contributed by atoms with Gasteiger partial charge in [-0.1, -0.05) is 31.2 Å². The number of hydrogen-bond donors (Lipinski definition) is 1. The molecule has 0 atom stereocenters. The summed E-state index contributed by atoms with van der Waals surface area (Å²) < 4.78 is 39.6. The number of carbonyl (C=O) groups excluding carboxylic acids is 1. The molecule has 7 heteroatoms. The Kier molecular flexibility index (Phi) is 6.46. The van der Waals surface area contributed by atoms with Crippen molar-refractivity contribution in [3.05, 3.63) is 65.5 Å². The van der Waals surface area contributed by atoms with Crippen LogP contribution in [0.5, 0.6) is 0 Å². The van der Waals surface area contributed by atoms with E-state index in [1.807, 2.05) is 24.3 Å². The number of hydrogen-bond acceptors (Lipinski definition) is 3. The van der Waals surface area contributed by atoms with E-state index >= 15 is 0 Å². The first-order valence-electron chi connectivity index (χ1n) is 9.49. The highest BCUT2D eigenvalue weighted by molar-refractivity contribution is 7.88. The fourth-order valence-corrected chi connectivity index (χ4v) is 4.91. The number of aryl methyl sites for hydroxylation is 1.